The van der Waals surface area contributed by atoms with Crippen LogP contribution in [0.25, 0.3) is 10.9 Å². The lowest BCUT2D eigenvalue weighted by atomic mass is 10.1. The summed E-state index contributed by atoms with van der Waals surface area (Å²) in [7, 11) is 0. The molecular formula is C16H13ClN4O3. The standard InChI is InChI=1S/C16H13ClN4O3/c1-9-6-13-10(7-15(9)22)11(16(17)19-13)8-18-20-12-4-2-3-5-14(12)21(23)24/h2-8,19-20,22H,1H3. The molecule has 3 N–H and O–H groups in total. The van der Waals surface area contributed by atoms with Crippen molar-refractivity contribution in [1.29, 1.82) is 0 Å². The van der Waals surface area contributed by atoms with E-state index >= 15 is 0 Å². The van der Waals surface area contributed by atoms with E-state index < -0.39 is 4.92 Å². The first-order chi connectivity index (χ1) is 11.5. The molecule has 0 unspecified atom stereocenters. The Morgan fingerprint density at radius 3 is 2.88 bits per heavy atom. The van der Waals surface area contributed by atoms with E-state index in [1.807, 2.05) is 0 Å². The van der Waals surface area contributed by atoms with Crippen molar-refractivity contribution >= 4 is 40.1 Å². The Bertz CT molecular complexity index is 965. The van der Waals surface area contributed by atoms with Gasteiger partial charge in [0.15, 0.2) is 0 Å². The number of anilines is 1. The summed E-state index contributed by atoms with van der Waals surface area (Å²) in [5, 5.41) is 25.9. The van der Waals surface area contributed by atoms with Crippen LogP contribution in [0.5, 0.6) is 5.75 Å². The number of rotatable bonds is 4. The van der Waals surface area contributed by atoms with Crippen molar-refractivity contribution in [2.24, 2.45) is 5.10 Å². The normalized spacial score (nSPS) is 11.2. The molecule has 0 amide bonds. The van der Waals surface area contributed by atoms with Gasteiger partial charge in [0.1, 0.15) is 16.6 Å². The molecule has 0 aliphatic heterocycles. The number of hydrogen-bond acceptors (Lipinski definition) is 5. The summed E-state index contributed by atoms with van der Waals surface area (Å²) in [6.07, 6.45) is 1.45. The number of hydrogen-bond donors (Lipinski definition) is 3. The minimum Gasteiger partial charge on any atom is -0.508 e. The van der Waals surface area contributed by atoms with Crippen LogP contribution in [0, 0.1) is 17.0 Å². The Morgan fingerprint density at radius 1 is 1.38 bits per heavy atom. The smallest absolute Gasteiger partial charge is 0.294 e. The van der Waals surface area contributed by atoms with Crippen molar-refractivity contribution in [3.63, 3.8) is 0 Å². The van der Waals surface area contributed by atoms with E-state index in [1.165, 1.54) is 12.3 Å². The van der Waals surface area contributed by atoms with Crippen molar-refractivity contribution in [2.75, 3.05) is 5.43 Å². The molecule has 1 aromatic heterocycles. The first-order valence-electron chi connectivity index (χ1n) is 7.00. The van der Waals surface area contributed by atoms with Gasteiger partial charge in [-0.1, -0.05) is 23.7 Å². The summed E-state index contributed by atoms with van der Waals surface area (Å²) in [5.74, 6) is 0.152. The number of H-pyrrole nitrogens is 1. The number of benzene rings is 2. The third kappa shape index (κ3) is 2.89. The maximum atomic E-state index is 11.0. The average molecular weight is 345 g/mol. The quantitative estimate of drug-likeness (QED) is 0.375. The average Bonchev–Trinajstić information content (AvgIpc) is 2.83. The summed E-state index contributed by atoms with van der Waals surface area (Å²) in [6, 6.07) is 9.57. The van der Waals surface area contributed by atoms with Gasteiger partial charge in [0.2, 0.25) is 0 Å². The highest BCUT2D eigenvalue weighted by molar-refractivity contribution is 6.34. The van der Waals surface area contributed by atoms with Crippen LogP contribution < -0.4 is 5.43 Å². The van der Waals surface area contributed by atoms with Gasteiger partial charge >= 0.3 is 0 Å². The molecule has 7 nitrogen and oxygen atoms in total. The minimum atomic E-state index is -0.489. The van der Waals surface area contributed by atoms with Crippen LogP contribution in [0.15, 0.2) is 41.5 Å². The van der Waals surface area contributed by atoms with Crippen LogP contribution in [0.1, 0.15) is 11.1 Å². The molecular weight excluding hydrogens is 332 g/mol. The van der Waals surface area contributed by atoms with Crippen LogP contribution in [-0.4, -0.2) is 21.2 Å². The predicted octanol–water partition coefficient (Wildman–Crippen LogP) is 4.19. The lowest BCUT2D eigenvalue weighted by molar-refractivity contribution is -0.384. The van der Waals surface area contributed by atoms with Crippen molar-refractivity contribution in [3.05, 3.63) is 62.8 Å². The molecule has 2 aromatic carbocycles. The summed E-state index contributed by atoms with van der Waals surface area (Å²) < 4.78 is 0. The number of aromatic amines is 1. The van der Waals surface area contributed by atoms with Gasteiger partial charge in [-0.3, -0.25) is 15.5 Å². The number of hydrazone groups is 1. The van der Waals surface area contributed by atoms with Gasteiger partial charge < -0.3 is 10.1 Å². The van der Waals surface area contributed by atoms with Crippen molar-refractivity contribution in [1.82, 2.24) is 4.98 Å². The van der Waals surface area contributed by atoms with Crippen LogP contribution in [0.3, 0.4) is 0 Å². The van der Waals surface area contributed by atoms with E-state index in [0.29, 0.717) is 16.1 Å². The van der Waals surface area contributed by atoms with Crippen LogP contribution in [0.2, 0.25) is 5.15 Å². The highest BCUT2D eigenvalue weighted by Gasteiger charge is 2.12. The van der Waals surface area contributed by atoms with Crippen LogP contribution in [-0.2, 0) is 0 Å². The molecule has 122 valence electrons. The third-order valence-electron chi connectivity index (χ3n) is 3.59. The number of fused-ring (bicyclic) bond motifs is 1. The van der Waals surface area contributed by atoms with Gasteiger partial charge in [-0.2, -0.15) is 5.10 Å². The molecule has 8 heteroatoms. The number of phenols is 1. The van der Waals surface area contributed by atoms with Crippen LogP contribution in [0.4, 0.5) is 11.4 Å². The molecule has 24 heavy (non-hydrogen) atoms. The summed E-state index contributed by atoms with van der Waals surface area (Å²) in [4.78, 5) is 13.5. The minimum absolute atomic E-state index is 0.0760. The number of nitro benzene ring substituents is 1. The Hall–Kier alpha value is -3.06. The fourth-order valence-corrected chi connectivity index (χ4v) is 2.60. The second-order valence-corrected chi connectivity index (χ2v) is 5.56. The molecule has 0 spiro atoms. The van der Waals surface area contributed by atoms with E-state index in [4.69, 9.17) is 11.6 Å². The van der Waals surface area contributed by atoms with Gasteiger partial charge in [-0.25, -0.2) is 0 Å². The maximum absolute atomic E-state index is 11.0. The number of aromatic nitrogens is 1. The number of para-hydroxylation sites is 2. The van der Waals surface area contributed by atoms with Gasteiger partial charge in [0, 0.05) is 22.5 Å². The van der Waals surface area contributed by atoms with E-state index in [9.17, 15) is 15.2 Å². The molecule has 1 heterocycles. The zero-order valence-electron chi connectivity index (χ0n) is 12.6. The Labute approximate surface area is 141 Å². The zero-order valence-corrected chi connectivity index (χ0v) is 13.3. The van der Waals surface area contributed by atoms with Gasteiger partial charge in [0.25, 0.3) is 5.69 Å². The predicted molar refractivity (Wildman–Crippen MR) is 94.0 cm³/mol. The maximum Gasteiger partial charge on any atom is 0.294 e. The topological polar surface area (TPSA) is 104 Å². The largest absolute Gasteiger partial charge is 0.508 e. The van der Waals surface area contributed by atoms with E-state index in [1.54, 1.807) is 37.3 Å². The number of aryl methyl sites for hydroxylation is 1. The number of nitrogens with zero attached hydrogens (tertiary/aromatic N) is 2. The Kier molecular flexibility index (Phi) is 4.09. The first kappa shape index (κ1) is 15.8. The number of nitrogens with one attached hydrogen (secondary N) is 2. The lowest BCUT2D eigenvalue weighted by Gasteiger charge is -2.01. The van der Waals surface area contributed by atoms with Gasteiger partial charge in [0.05, 0.1) is 11.1 Å². The molecule has 0 saturated carbocycles. The van der Waals surface area contributed by atoms with Crippen molar-refractivity contribution < 1.29 is 10.0 Å². The monoisotopic (exact) mass is 344 g/mol. The second-order valence-electron chi connectivity index (χ2n) is 5.18. The fraction of sp³-hybridized carbons (Fsp3) is 0.0625. The number of halogens is 1. The van der Waals surface area contributed by atoms with Gasteiger partial charge in [-0.05, 0) is 30.7 Å². The van der Waals surface area contributed by atoms with Crippen LogP contribution >= 0.6 is 11.6 Å². The summed E-state index contributed by atoms with van der Waals surface area (Å²) >= 11 is 6.17. The Balaban J connectivity index is 1.93. The SMILES string of the molecule is Cc1cc2[nH]c(Cl)c(C=NNc3ccccc3[N+](=O)[O-])c2cc1O. The molecule has 3 rings (SSSR count). The highest BCUT2D eigenvalue weighted by Crippen LogP contribution is 2.30. The highest BCUT2D eigenvalue weighted by atomic mass is 35.5. The van der Waals surface area contributed by atoms with Crippen molar-refractivity contribution in [3.8, 4) is 5.75 Å². The number of nitro groups is 1. The molecule has 0 radical (unpaired) electrons. The molecule has 0 bridgehead atoms. The molecule has 0 atom stereocenters. The van der Waals surface area contributed by atoms with Crippen molar-refractivity contribution in [2.45, 2.75) is 6.92 Å². The molecule has 3 aromatic rings. The molecule has 0 fully saturated rings. The molecule has 0 saturated heterocycles. The zero-order chi connectivity index (χ0) is 17.3. The summed E-state index contributed by atoms with van der Waals surface area (Å²) in [5.41, 5.74) is 4.91. The molecule has 0 aliphatic carbocycles. The lowest BCUT2D eigenvalue weighted by Crippen LogP contribution is -1.96. The number of aromatic hydroxyl groups is 1. The second kappa shape index (κ2) is 6.21. The Morgan fingerprint density at radius 2 is 2.12 bits per heavy atom. The van der Waals surface area contributed by atoms with E-state index in [0.717, 1.165) is 11.1 Å². The molecule has 0 aliphatic rings. The van der Waals surface area contributed by atoms with E-state index in [2.05, 4.69) is 15.5 Å². The number of phenolic OH excluding ortho intramolecular Hbond substituents is 1. The summed E-state index contributed by atoms with van der Waals surface area (Å²) in [6.45, 7) is 1.79. The van der Waals surface area contributed by atoms with E-state index in [-0.39, 0.29) is 17.1 Å². The third-order valence-corrected chi connectivity index (χ3v) is 3.88. The fourth-order valence-electron chi connectivity index (χ4n) is 2.35. The first-order valence-corrected chi connectivity index (χ1v) is 7.38. The van der Waals surface area contributed by atoms with Gasteiger partial charge in [-0.15, -0.1) is 0 Å².